The van der Waals surface area contributed by atoms with Crippen LogP contribution in [0.4, 0.5) is 11.6 Å². The van der Waals surface area contributed by atoms with E-state index >= 15 is 0 Å². The average Bonchev–Trinajstić information content (AvgIpc) is 2.78. The predicted molar refractivity (Wildman–Crippen MR) is 115 cm³/mol. The number of nitro groups is 1. The number of aromatic carboxylic acids is 1. The zero-order chi connectivity index (χ0) is 22.1. The van der Waals surface area contributed by atoms with Crippen molar-refractivity contribution in [3.63, 3.8) is 0 Å². The van der Waals surface area contributed by atoms with Gasteiger partial charge in [-0.05, 0) is 34.9 Å². The van der Waals surface area contributed by atoms with Crippen LogP contribution in [0.25, 0.3) is 33.2 Å². The molecule has 4 rings (SSSR count). The lowest BCUT2D eigenvalue weighted by molar-refractivity contribution is -0.384. The number of nitrogens with two attached hydrogens (primary N) is 1. The van der Waals surface area contributed by atoms with Gasteiger partial charge in [0.1, 0.15) is 5.52 Å². The Labute approximate surface area is 175 Å². The van der Waals surface area contributed by atoms with Gasteiger partial charge in [0.25, 0.3) is 5.69 Å². The van der Waals surface area contributed by atoms with Gasteiger partial charge in [0.05, 0.1) is 17.6 Å². The van der Waals surface area contributed by atoms with Crippen molar-refractivity contribution in [2.24, 2.45) is 0 Å². The molecule has 0 spiro atoms. The van der Waals surface area contributed by atoms with Crippen molar-refractivity contribution in [1.82, 2.24) is 9.97 Å². The minimum atomic E-state index is -1.03. The number of non-ortho nitro benzene ring substituents is 1. The molecule has 0 unspecified atom stereocenters. The van der Waals surface area contributed by atoms with Gasteiger partial charge < -0.3 is 15.6 Å². The third kappa shape index (κ3) is 3.60. The van der Waals surface area contributed by atoms with Crippen LogP contribution in [0.15, 0.2) is 60.8 Å². The molecule has 0 atom stereocenters. The molecule has 0 saturated carbocycles. The highest BCUT2D eigenvalue weighted by atomic mass is 16.6. The second-order valence-corrected chi connectivity index (χ2v) is 6.69. The highest BCUT2D eigenvalue weighted by Crippen LogP contribution is 2.42. The van der Waals surface area contributed by atoms with Crippen molar-refractivity contribution in [2.45, 2.75) is 0 Å². The second-order valence-electron chi connectivity index (χ2n) is 6.69. The number of carboxylic acids is 1. The lowest BCUT2D eigenvalue weighted by Gasteiger charge is -2.16. The summed E-state index contributed by atoms with van der Waals surface area (Å²) in [5.41, 5.74) is 8.91. The van der Waals surface area contributed by atoms with Gasteiger partial charge in [-0.15, -0.1) is 0 Å². The van der Waals surface area contributed by atoms with Crippen LogP contribution in [-0.4, -0.2) is 33.1 Å². The van der Waals surface area contributed by atoms with Crippen molar-refractivity contribution in [2.75, 3.05) is 12.8 Å². The number of anilines is 1. The topological polar surface area (TPSA) is 141 Å². The molecule has 3 N–H and O–H groups in total. The number of nitrogens with zero attached hydrogens (tertiary/aromatic N) is 3. The molecule has 3 aromatic carbocycles. The number of rotatable bonds is 5. The average molecular weight is 416 g/mol. The second kappa shape index (κ2) is 7.71. The van der Waals surface area contributed by atoms with Crippen molar-refractivity contribution in [3.8, 4) is 28.0 Å². The molecule has 0 saturated heterocycles. The molecule has 0 amide bonds. The molecule has 154 valence electrons. The number of methoxy groups -OCH3 is 1. The van der Waals surface area contributed by atoms with Gasteiger partial charge in [0.15, 0.2) is 5.75 Å². The molecule has 31 heavy (non-hydrogen) atoms. The van der Waals surface area contributed by atoms with Gasteiger partial charge in [-0.3, -0.25) is 10.1 Å². The molecule has 4 aromatic rings. The standard InChI is InChI=1S/C22H16N4O5/c1-31-20-17(12-5-7-13(8-6-12)21(27)28)10-16(18-11-24-22(23)25-19(18)20)14-3-2-4-15(9-14)26(29)30/h2-11H,1H3,(H,27,28)(H2,23,24,25). The van der Waals surface area contributed by atoms with Crippen molar-refractivity contribution in [3.05, 3.63) is 76.5 Å². The quantitative estimate of drug-likeness (QED) is 0.365. The summed E-state index contributed by atoms with van der Waals surface area (Å²) < 4.78 is 5.63. The van der Waals surface area contributed by atoms with Crippen LogP contribution in [0.5, 0.6) is 5.75 Å². The third-order valence-electron chi connectivity index (χ3n) is 4.86. The number of hydrogen-bond acceptors (Lipinski definition) is 7. The Bertz CT molecular complexity index is 1340. The van der Waals surface area contributed by atoms with Crippen LogP contribution in [0.2, 0.25) is 0 Å². The number of nitro benzene ring substituents is 1. The van der Waals surface area contributed by atoms with Crippen molar-refractivity contribution >= 4 is 28.5 Å². The first-order valence-electron chi connectivity index (χ1n) is 9.11. The molecular weight excluding hydrogens is 400 g/mol. The maximum atomic E-state index is 11.3. The van der Waals surface area contributed by atoms with Crippen LogP contribution < -0.4 is 10.5 Å². The number of nitrogen functional groups attached to an aromatic ring is 1. The highest BCUT2D eigenvalue weighted by molar-refractivity contribution is 6.03. The molecule has 0 aliphatic rings. The van der Waals surface area contributed by atoms with Gasteiger partial charge in [-0.1, -0.05) is 24.3 Å². The number of aromatic nitrogens is 2. The Morgan fingerprint density at radius 1 is 1.10 bits per heavy atom. The molecule has 0 aliphatic carbocycles. The summed E-state index contributed by atoms with van der Waals surface area (Å²) in [4.78, 5) is 30.4. The lowest BCUT2D eigenvalue weighted by atomic mass is 9.94. The summed E-state index contributed by atoms with van der Waals surface area (Å²) in [5.74, 6) is -0.551. The molecule has 1 aromatic heterocycles. The summed E-state index contributed by atoms with van der Waals surface area (Å²) in [6.07, 6.45) is 1.55. The first-order valence-corrected chi connectivity index (χ1v) is 9.11. The van der Waals surface area contributed by atoms with Gasteiger partial charge >= 0.3 is 5.97 Å². The first kappa shape index (κ1) is 19.8. The van der Waals surface area contributed by atoms with E-state index in [1.807, 2.05) is 6.07 Å². The molecule has 0 fully saturated rings. The Morgan fingerprint density at radius 3 is 2.48 bits per heavy atom. The fraction of sp³-hybridized carbons (Fsp3) is 0.0455. The first-order chi connectivity index (χ1) is 14.9. The molecule has 0 bridgehead atoms. The summed E-state index contributed by atoms with van der Waals surface area (Å²) in [5, 5.41) is 21.0. The maximum Gasteiger partial charge on any atom is 0.335 e. The Balaban J connectivity index is 2.04. The smallest absolute Gasteiger partial charge is 0.335 e. The number of benzene rings is 3. The number of carbonyl (C=O) groups is 1. The molecule has 9 heteroatoms. The van der Waals surface area contributed by atoms with E-state index in [1.165, 1.54) is 31.4 Å². The SMILES string of the molecule is COc1c(-c2ccc(C(=O)O)cc2)cc(-c2cccc([N+](=O)[O-])c2)c2cnc(N)nc12. The zero-order valence-corrected chi connectivity index (χ0v) is 16.3. The van der Waals surface area contributed by atoms with Crippen LogP contribution in [0.1, 0.15) is 10.4 Å². The highest BCUT2D eigenvalue weighted by Gasteiger charge is 2.19. The predicted octanol–water partition coefficient (Wildman–Crippen LogP) is 4.16. The largest absolute Gasteiger partial charge is 0.494 e. The van der Waals surface area contributed by atoms with E-state index in [0.717, 1.165) is 0 Å². The fourth-order valence-electron chi connectivity index (χ4n) is 3.42. The van der Waals surface area contributed by atoms with E-state index in [9.17, 15) is 20.0 Å². The minimum Gasteiger partial charge on any atom is -0.494 e. The molecule has 0 aliphatic heterocycles. The zero-order valence-electron chi connectivity index (χ0n) is 16.3. The fourth-order valence-corrected chi connectivity index (χ4v) is 3.42. The van der Waals surface area contributed by atoms with Crippen molar-refractivity contribution < 1.29 is 19.6 Å². The molecule has 9 nitrogen and oxygen atoms in total. The third-order valence-corrected chi connectivity index (χ3v) is 4.86. The summed E-state index contributed by atoms with van der Waals surface area (Å²) in [6.45, 7) is 0. The van der Waals surface area contributed by atoms with Crippen molar-refractivity contribution in [1.29, 1.82) is 0 Å². The van der Waals surface area contributed by atoms with Crippen LogP contribution in [-0.2, 0) is 0 Å². The molecular formula is C22H16N4O5. The van der Waals surface area contributed by atoms with Crippen LogP contribution in [0.3, 0.4) is 0 Å². The Kier molecular flexibility index (Phi) is 4.92. The van der Waals surface area contributed by atoms with E-state index in [0.29, 0.717) is 38.9 Å². The maximum absolute atomic E-state index is 11.3. The van der Waals surface area contributed by atoms with Gasteiger partial charge in [-0.2, -0.15) is 0 Å². The summed E-state index contributed by atoms with van der Waals surface area (Å²) in [6, 6.07) is 14.3. The minimum absolute atomic E-state index is 0.0502. The van der Waals surface area contributed by atoms with Gasteiger partial charge in [-0.25, -0.2) is 14.8 Å². The van der Waals surface area contributed by atoms with E-state index < -0.39 is 10.9 Å². The monoisotopic (exact) mass is 416 g/mol. The van der Waals surface area contributed by atoms with E-state index in [-0.39, 0.29) is 17.2 Å². The lowest BCUT2D eigenvalue weighted by Crippen LogP contribution is -2.00. The van der Waals surface area contributed by atoms with Gasteiger partial charge in [0.2, 0.25) is 5.95 Å². The number of carboxylic acid groups (broad SMARTS) is 1. The van der Waals surface area contributed by atoms with E-state index in [1.54, 1.807) is 30.5 Å². The summed E-state index contributed by atoms with van der Waals surface area (Å²) >= 11 is 0. The molecule has 0 radical (unpaired) electrons. The Hall–Kier alpha value is -4.53. The number of ether oxygens (including phenoxy) is 1. The normalized spacial score (nSPS) is 10.7. The Morgan fingerprint density at radius 2 is 1.84 bits per heavy atom. The van der Waals surface area contributed by atoms with Crippen LogP contribution >= 0.6 is 0 Å². The number of fused-ring (bicyclic) bond motifs is 1. The van der Waals surface area contributed by atoms with E-state index in [2.05, 4.69) is 9.97 Å². The number of hydrogen-bond donors (Lipinski definition) is 2. The summed E-state index contributed by atoms with van der Waals surface area (Å²) in [7, 11) is 1.50. The van der Waals surface area contributed by atoms with Gasteiger partial charge in [0, 0.05) is 29.3 Å². The van der Waals surface area contributed by atoms with Crippen LogP contribution in [0, 0.1) is 10.1 Å². The molecule has 1 heterocycles. The van der Waals surface area contributed by atoms with E-state index in [4.69, 9.17) is 10.5 Å².